The molecule has 3 atom stereocenters. The van der Waals surface area contributed by atoms with Gasteiger partial charge in [-0.25, -0.2) is 17.5 Å². The molecule has 1 saturated carbocycles. The number of carbonyl (C=O) groups excluding carboxylic acids is 1. The van der Waals surface area contributed by atoms with Crippen LogP contribution in [0.25, 0.3) is 0 Å². The fourth-order valence-electron chi connectivity index (χ4n) is 4.07. The van der Waals surface area contributed by atoms with E-state index in [1.54, 1.807) is 0 Å². The van der Waals surface area contributed by atoms with Gasteiger partial charge in [-0.15, -0.1) is 0 Å². The number of benzene rings is 1. The van der Waals surface area contributed by atoms with Crippen LogP contribution in [0.1, 0.15) is 44.9 Å². The third kappa shape index (κ3) is 5.97. The molecule has 0 aromatic heterocycles. The van der Waals surface area contributed by atoms with Crippen molar-refractivity contribution in [3.05, 3.63) is 30.1 Å². The Morgan fingerprint density at radius 2 is 1.97 bits per heavy atom. The van der Waals surface area contributed by atoms with Crippen LogP contribution < -0.4 is 10.0 Å². The molecule has 29 heavy (non-hydrogen) atoms. The molecule has 0 bridgehead atoms. The number of amides is 1. The van der Waals surface area contributed by atoms with Crippen molar-refractivity contribution in [2.24, 2.45) is 5.92 Å². The summed E-state index contributed by atoms with van der Waals surface area (Å²) in [5.74, 6) is -0.419. The predicted octanol–water partition coefficient (Wildman–Crippen LogP) is 1.71. The molecule has 1 saturated heterocycles. The summed E-state index contributed by atoms with van der Waals surface area (Å²) in [6.07, 6.45) is 4.96. The van der Waals surface area contributed by atoms with Crippen molar-refractivity contribution in [1.82, 2.24) is 10.0 Å². The molecule has 1 aromatic carbocycles. The van der Waals surface area contributed by atoms with E-state index in [1.807, 2.05) is 0 Å². The first-order valence-corrected chi connectivity index (χ1v) is 11.7. The SMILES string of the molecule is O=C(NCC[C@H]1CC[C@@H](NS(=O)(=O)c2cccc(F)c2)[C@H](CO)O1)C1CCCC1. The molecule has 9 heteroatoms. The number of hydrogen-bond donors (Lipinski definition) is 3. The molecule has 1 aliphatic carbocycles. The van der Waals surface area contributed by atoms with Crippen LogP contribution >= 0.6 is 0 Å². The minimum absolute atomic E-state index is 0.0951. The van der Waals surface area contributed by atoms with Crippen LogP contribution in [0.2, 0.25) is 0 Å². The summed E-state index contributed by atoms with van der Waals surface area (Å²) < 4.78 is 46.8. The molecule has 3 rings (SSSR count). The molecular formula is C20H29FN2O5S. The lowest BCUT2D eigenvalue weighted by atomic mass is 9.98. The standard InChI is InChI=1S/C20H29FN2O5S/c21-15-6-3-7-17(12-15)29(26,27)23-18-9-8-16(28-19(18)13-24)10-11-22-20(25)14-4-1-2-5-14/h3,6-7,12,14,16,18-19,23-24H,1-2,4-5,8-11,13H2,(H,22,25)/t16-,18-,19+/m1/s1. The summed E-state index contributed by atoms with van der Waals surface area (Å²) in [5.41, 5.74) is 0. The Kier molecular flexibility index (Phi) is 7.61. The van der Waals surface area contributed by atoms with Gasteiger partial charge in [-0.2, -0.15) is 0 Å². The lowest BCUT2D eigenvalue weighted by Gasteiger charge is -2.36. The van der Waals surface area contributed by atoms with Crippen LogP contribution in [0.4, 0.5) is 4.39 Å². The van der Waals surface area contributed by atoms with E-state index in [0.717, 1.165) is 31.7 Å². The molecule has 2 aliphatic rings. The summed E-state index contributed by atoms with van der Waals surface area (Å²) in [5, 5.41) is 12.6. The van der Waals surface area contributed by atoms with Crippen LogP contribution in [0.5, 0.6) is 0 Å². The minimum Gasteiger partial charge on any atom is -0.394 e. The van der Waals surface area contributed by atoms with Crippen molar-refractivity contribution in [3.63, 3.8) is 0 Å². The lowest BCUT2D eigenvalue weighted by molar-refractivity contribution is -0.125. The van der Waals surface area contributed by atoms with Gasteiger partial charge < -0.3 is 15.2 Å². The second kappa shape index (κ2) is 9.97. The first-order chi connectivity index (χ1) is 13.9. The topological polar surface area (TPSA) is 105 Å². The summed E-state index contributed by atoms with van der Waals surface area (Å²) in [4.78, 5) is 11.9. The van der Waals surface area contributed by atoms with Crippen LogP contribution in [-0.2, 0) is 19.6 Å². The Hall–Kier alpha value is -1.55. The second-order valence-electron chi connectivity index (χ2n) is 7.80. The Bertz CT molecular complexity index is 798. The van der Waals surface area contributed by atoms with Crippen LogP contribution in [0, 0.1) is 11.7 Å². The first kappa shape index (κ1) is 22.1. The van der Waals surface area contributed by atoms with E-state index in [0.29, 0.717) is 25.8 Å². The number of ether oxygens (including phenoxy) is 1. The number of carbonyl (C=O) groups is 1. The van der Waals surface area contributed by atoms with Crippen LogP contribution in [-0.4, -0.2) is 50.8 Å². The monoisotopic (exact) mass is 428 g/mol. The summed E-state index contributed by atoms with van der Waals surface area (Å²) in [6.45, 7) is 0.166. The number of sulfonamides is 1. The molecule has 1 aliphatic heterocycles. The van der Waals surface area contributed by atoms with E-state index < -0.39 is 28.0 Å². The van der Waals surface area contributed by atoms with Crippen molar-refractivity contribution in [3.8, 4) is 0 Å². The van der Waals surface area contributed by atoms with Crippen molar-refractivity contribution < 1.29 is 27.4 Å². The second-order valence-corrected chi connectivity index (χ2v) is 9.52. The molecular weight excluding hydrogens is 399 g/mol. The summed E-state index contributed by atoms with van der Waals surface area (Å²) >= 11 is 0. The zero-order valence-electron chi connectivity index (χ0n) is 16.3. The Balaban J connectivity index is 1.49. The van der Waals surface area contributed by atoms with Crippen LogP contribution in [0.3, 0.4) is 0 Å². The number of hydrogen-bond acceptors (Lipinski definition) is 5. The quantitative estimate of drug-likeness (QED) is 0.585. The number of aliphatic hydroxyl groups excluding tert-OH is 1. The maximum atomic E-state index is 13.4. The zero-order valence-corrected chi connectivity index (χ0v) is 17.2. The largest absolute Gasteiger partial charge is 0.394 e. The average Bonchev–Trinajstić information content (AvgIpc) is 3.23. The fraction of sp³-hybridized carbons (Fsp3) is 0.650. The highest BCUT2D eigenvalue weighted by Crippen LogP contribution is 2.25. The van der Waals surface area contributed by atoms with E-state index in [1.165, 1.54) is 18.2 Å². The molecule has 1 aromatic rings. The average molecular weight is 429 g/mol. The van der Waals surface area contributed by atoms with E-state index in [-0.39, 0.29) is 29.4 Å². The van der Waals surface area contributed by atoms with Gasteiger partial charge in [0, 0.05) is 12.5 Å². The number of rotatable bonds is 8. The van der Waals surface area contributed by atoms with E-state index in [9.17, 15) is 22.7 Å². The van der Waals surface area contributed by atoms with Gasteiger partial charge in [0.25, 0.3) is 0 Å². The third-order valence-electron chi connectivity index (χ3n) is 5.70. The van der Waals surface area contributed by atoms with Crippen molar-refractivity contribution in [2.45, 2.75) is 68.1 Å². The molecule has 7 nitrogen and oxygen atoms in total. The maximum absolute atomic E-state index is 13.4. The van der Waals surface area contributed by atoms with E-state index >= 15 is 0 Å². The highest BCUT2D eigenvalue weighted by Gasteiger charge is 2.34. The van der Waals surface area contributed by atoms with Gasteiger partial charge in [-0.3, -0.25) is 4.79 Å². The first-order valence-electron chi connectivity index (χ1n) is 10.2. The normalized spacial score (nSPS) is 25.8. The lowest BCUT2D eigenvalue weighted by Crippen LogP contribution is -2.51. The van der Waals surface area contributed by atoms with Crippen molar-refractivity contribution in [2.75, 3.05) is 13.2 Å². The molecule has 1 amide bonds. The Labute approximate surface area is 171 Å². The van der Waals surface area contributed by atoms with Crippen molar-refractivity contribution in [1.29, 1.82) is 0 Å². The van der Waals surface area contributed by atoms with Gasteiger partial charge in [0.2, 0.25) is 15.9 Å². The molecule has 1 heterocycles. The molecule has 0 unspecified atom stereocenters. The molecule has 162 valence electrons. The van der Waals surface area contributed by atoms with Gasteiger partial charge >= 0.3 is 0 Å². The highest BCUT2D eigenvalue weighted by molar-refractivity contribution is 7.89. The van der Waals surface area contributed by atoms with Crippen LogP contribution in [0.15, 0.2) is 29.2 Å². The summed E-state index contributed by atoms with van der Waals surface area (Å²) in [6, 6.07) is 4.18. The third-order valence-corrected chi connectivity index (χ3v) is 7.19. The molecule has 3 N–H and O–H groups in total. The van der Waals surface area contributed by atoms with Crippen molar-refractivity contribution >= 4 is 15.9 Å². The Morgan fingerprint density at radius 3 is 2.66 bits per heavy atom. The number of aliphatic hydroxyl groups is 1. The van der Waals surface area contributed by atoms with Gasteiger partial charge in [-0.05, 0) is 50.3 Å². The maximum Gasteiger partial charge on any atom is 0.241 e. The number of nitrogens with one attached hydrogen (secondary N) is 2. The van der Waals surface area contributed by atoms with Gasteiger partial charge in [0.1, 0.15) is 5.82 Å². The summed E-state index contributed by atoms with van der Waals surface area (Å²) in [7, 11) is -3.92. The predicted molar refractivity (Wildman–Crippen MR) is 105 cm³/mol. The molecule has 0 spiro atoms. The molecule has 2 fully saturated rings. The van der Waals surface area contributed by atoms with Gasteiger partial charge in [0.05, 0.1) is 29.8 Å². The smallest absolute Gasteiger partial charge is 0.241 e. The van der Waals surface area contributed by atoms with E-state index in [4.69, 9.17) is 4.74 Å². The number of halogens is 1. The van der Waals surface area contributed by atoms with Gasteiger partial charge in [0.15, 0.2) is 0 Å². The van der Waals surface area contributed by atoms with E-state index in [2.05, 4.69) is 10.0 Å². The zero-order chi connectivity index (χ0) is 20.9. The minimum atomic E-state index is -3.92. The van der Waals surface area contributed by atoms with Gasteiger partial charge in [-0.1, -0.05) is 18.9 Å². The molecule has 0 radical (unpaired) electrons. The fourth-order valence-corrected chi connectivity index (χ4v) is 5.40. The Morgan fingerprint density at radius 1 is 1.21 bits per heavy atom. The highest BCUT2D eigenvalue weighted by atomic mass is 32.2.